The SMILES string of the molecule is Nc1ccc2ccc(CCC3CCC(n4c5c(c6c(N)ncnc64)CCC5)C3)cc2n1. The van der Waals surface area contributed by atoms with Crippen LogP contribution in [0.2, 0.25) is 0 Å². The molecule has 0 amide bonds. The molecule has 6 heteroatoms. The average Bonchev–Trinajstić information content (AvgIpc) is 3.48. The number of aromatic nitrogens is 4. The molecule has 2 atom stereocenters. The van der Waals surface area contributed by atoms with Gasteiger partial charge in [0, 0.05) is 17.1 Å². The third-order valence-electron chi connectivity index (χ3n) is 7.36. The Morgan fingerprint density at radius 1 is 1.03 bits per heavy atom. The summed E-state index contributed by atoms with van der Waals surface area (Å²) in [5.74, 6) is 1.96. The molecule has 4 aromatic rings. The maximum absolute atomic E-state index is 6.25. The van der Waals surface area contributed by atoms with E-state index in [-0.39, 0.29) is 0 Å². The van der Waals surface area contributed by atoms with Gasteiger partial charge in [-0.2, -0.15) is 0 Å². The molecule has 3 aromatic heterocycles. The molecule has 158 valence electrons. The Labute approximate surface area is 181 Å². The number of nitrogens with two attached hydrogens (primary N) is 2. The molecular formula is C25H28N6. The van der Waals surface area contributed by atoms with Gasteiger partial charge in [0.05, 0.1) is 10.9 Å². The fourth-order valence-electron chi connectivity index (χ4n) is 5.90. The van der Waals surface area contributed by atoms with Gasteiger partial charge < -0.3 is 16.0 Å². The van der Waals surface area contributed by atoms with E-state index in [1.807, 2.05) is 12.1 Å². The monoisotopic (exact) mass is 412 g/mol. The fraction of sp³-hybridized carbons (Fsp3) is 0.400. The largest absolute Gasteiger partial charge is 0.384 e. The number of rotatable bonds is 4. The van der Waals surface area contributed by atoms with Crippen molar-refractivity contribution >= 4 is 33.6 Å². The van der Waals surface area contributed by atoms with Gasteiger partial charge in [0.25, 0.3) is 0 Å². The van der Waals surface area contributed by atoms with Gasteiger partial charge in [-0.15, -0.1) is 0 Å². The minimum atomic E-state index is 0.529. The van der Waals surface area contributed by atoms with Gasteiger partial charge in [-0.1, -0.05) is 12.1 Å². The topological polar surface area (TPSA) is 95.6 Å². The summed E-state index contributed by atoms with van der Waals surface area (Å²) in [4.78, 5) is 13.4. The van der Waals surface area contributed by atoms with E-state index >= 15 is 0 Å². The van der Waals surface area contributed by atoms with E-state index in [9.17, 15) is 0 Å². The molecule has 6 rings (SSSR count). The van der Waals surface area contributed by atoms with Crippen LogP contribution < -0.4 is 11.5 Å². The van der Waals surface area contributed by atoms with Crippen LogP contribution in [0.3, 0.4) is 0 Å². The number of nitrogen functional groups attached to an aromatic ring is 2. The maximum atomic E-state index is 6.25. The van der Waals surface area contributed by atoms with E-state index in [0.717, 1.165) is 47.1 Å². The minimum absolute atomic E-state index is 0.529. The predicted molar refractivity (Wildman–Crippen MR) is 125 cm³/mol. The zero-order chi connectivity index (χ0) is 20.9. The summed E-state index contributed by atoms with van der Waals surface area (Å²) in [6.45, 7) is 0. The number of fused-ring (bicyclic) bond motifs is 4. The number of hydrogen-bond acceptors (Lipinski definition) is 5. The van der Waals surface area contributed by atoms with Crippen molar-refractivity contribution in [1.82, 2.24) is 19.5 Å². The summed E-state index contributed by atoms with van der Waals surface area (Å²) < 4.78 is 2.53. The van der Waals surface area contributed by atoms with Crippen LogP contribution in [0, 0.1) is 5.92 Å². The minimum Gasteiger partial charge on any atom is -0.384 e. The third kappa shape index (κ3) is 3.12. The molecule has 0 saturated heterocycles. The second kappa shape index (κ2) is 7.22. The van der Waals surface area contributed by atoms with Gasteiger partial charge >= 0.3 is 0 Å². The Balaban J connectivity index is 1.21. The van der Waals surface area contributed by atoms with Crippen LogP contribution in [0.25, 0.3) is 21.9 Å². The predicted octanol–water partition coefficient (Wildman–Crippen LogP) is 4.61. The molecule has 2 unspecified atom stereocenters. The molecule has 0 bridgehead atoms. The molecule has 0 aliphatic heterocycles. The summed E-state index contributed by atoms with van der Waals surface area (Å²) in [5.41, 5.74) is 18.4. The van der Waals surface area contributed by atoms with Crippen molar-refractivity contribution in [3.63, 3.8) is 0 Å². The van der Waals surface area contributed by atoms with Crippen molar-refractivity contribution < 1.29 is 0 Å². The molecule has 6 nitrogen and oxygen atoms in total. The fourth-order valence-corrected chi connectivity index (χ4v) is 5.90. The lowest BCUT2D eigenvalue weighted by atomic mass is 9.97. The average molecular weight is 413 g/mol. The number of hydrogen-bond donors (Lipinski definition) is 2. The number of anilines is 2. The van der Waals surface area contributed by atoms with Gasteiger partial charge in [0.15, 0.2) is 0 Å². The molecule has 0 radical (unpaired) electrons. The molecule has 2 aliphatic carbocycles. The normalized spacial score (nSPS) is 20.6. The lowest BCUT2D eigenvalue weighted by Gasteiger charge is -2.17. The van der Waals surface area contributed by atoms with Crippen molar-refractivity contribution in [3.05, 3.63) is 53.5 Å². The first kappa shape index (κ1) is 18.6. The molecule has 0 spiro atoms. The van der Waals surface area contributed by atoms with Crippen LogP contribution in [0.4, 0.5) is 11.6 Å². The smallest absolute Gasteiger partial charge is 0.146 e. The van der Waals surface area contributed by atoms with Crippen LogP contribution >= 0.6 is 0 Å². The van der Waals surface area contributed by atoms with Gasteiger partial charge in [0.2, 0.25) is 0 Å². The highest BCUT2D eigenvalue weighted by molar-refractivity contribution is 5.91. The third-order valence-corrected chi connectivity index (χ3v) is 7.36. The van der Waals surface area contributed by atoms with Crippen LogP contribution in [0.5, 0.6) is 0 Å². The number of benzene rings is 1. The number of aryl methyl sites for hydroxylation is 2. The Kier molecular flexibility index (Phi) is 4.33. The van der Waals surface area contributed by atoms with Gasteiger partial charge in [-0.25, -0.2) is 15.0 Å². The van der Waals surface area contributed by atoms with Crippen LogP contribution in [0.15, 0.2) is 36.7 Å². The number of nitrogens with zero attached hydrogens (tertiary/aromatic N) is 4. The molecule has 3 heterocycles. The second-order valence-corrected chi connectivity index (χ2v) is 9.24. The van der Waals surface area contributed by atoms with Gasteiger partial charge in [-0.3, -0.25) is 0 Å². The zero-order valence-corrected chi connectivity index (χ0v) is 17.7. The maximum Gasteiger partial charge on any atom is 0.146 e. The quantitative estimate of drug-likeness (QED) is 0.510. The van der Waals surface area contributed by atoms with Crippen LogP contribution in [-0.4, -0.2) is 19.5 Å². The highest BCUT2D eigenvalue weighted by atomic mass is 15.1. The van der Waals surface area contributed by atoms with E-state index in [0.29, 0.717) is 17.7 Å². The Hall–Kier alpha value is -3.15. The van der Waals surface area contributed by atoms with E-state index in [2.05, 4.69) is 37.7 Å². The second-order valence-electron chi connectivity index (χ2n) is 9.24. The van der Waals surface area contributed by atoms with Gasteiger partial charge in [0.1, 0.15) is 23.6 Å². The Morgan fingerprint density at radius 2 is 1.94 bits per heavy atom. The van der Waals surface area contributed by atoms with E-state index in [1.54, 1.807) is 6.33 Å². The van der Waals surface area contributed by atoms with Crippen LogP contribution in [-0.2, 0) is 19.3 Å². The first-order valence-corrected chi connectivity index (χ1v) is 11.4. The highest BCUT2D eigenvalue weighted by Gasteiger charge is 2.32. The molecule has 1 saturated carbocycles. The van der Waals surface area contributed by atoms with Crippen molar-refractivity contribution in [3.8, 4) is 0 Å². The van der Waals surface area contributed by atoms with Crippen molar-refractivity contribution in [2.24, 2.45) is 5.92 Å². The molecule has 2 aliphatic rings. The summed E-state index contributed by atoms with van der Waals surface area (Å²) >= 11 is 0. The number of pyridine rings is 1. The van der Waals surface area contributed by atoms with Crippen molar-refractivity contribution in [1.29, 1.82) is 0 Å². The molecule has 1 aromatic carbocycles. The summed E-state index contributed by atoms with van der Waals surface area (Å²) in [6.07, 6.45) is 11.1. The van der Waals surface area contributed by atoms with Gasteiger partial charge in [-0.05, 0) is 86.6 Å². The van der Waals surface area contributed by atoms with Crippen molar-refractivity contribution in [2.75, 3.05) is 11.5 Å². The Bertz CT molecular complexity index is 1290. The van der Waals surface area contributed by atoms with E-state index in [1.165, 1.54) is 48.9 Å². The van der Waals surface area contributed by atoms with E-state index in [4.69, 9.17) is 11.5 Å². The summed E-state index contributed by atoms with van der Waals surface area (Å²) in [6, 6.07) is 11.0. The summed E-state index contributed by atoms with van der Waals surface area (Å²) in [7, 11) is 0. The van der Waals surface area contributed by atoms with Crippen LogP contribution in [0.1, 0.15) is 55.0 Å². The van der Waals surface area contributed by atoms with E-state index < -0.39 is 0 Å². The Morgan fingerprint density at radius 3 is 2.87 bits per heavy atom. The molecular weight excluding hydrogens is 384 g/mol. The molecule has 1 fully saturated rings. The van der Waals surface area contributed by atoms with Crippen molar-refractivity contribution in [2.45, 2.75) is 57.4 Å². The lowest BCUT2D eigenvalue weighted by molar-refractivity contribution is 0.455. The standard InChI is InChI=1S/C25H28N6/c26-22-11-9-17-8-6-16(13-20(17)30-22)5-4-15-7-10-18(12-15)31-21-3-1-2-19(21)23-24(27)28-14-29-25(23)31/h6,8-9,11,13-15,18H,1-5,7,10,12H2,(H2,26,30)(H2,27,28,29). The first-order chi connectivity index (χ1) is 15.2. The molecule has 4 N–H and O–H groups in total. The first-order valence-electron chi connectivity index (χ1n) is 11.4. The zero-order valence-electron chi connectivity index (χ0n) is 17.7. The molecule has 31 heavy (non-hydrogen) atoms. The lowest BCUT2D eigenvalue weighted by Crippen LogP contribution is -2.10. The highest BCUT2D eigenvalue weighted by Crippen LogP contribution is 2.43. The summed E-state index contributed by atoms with van der Waals surface area (Å²) in [5, 5.41) is 2.26.